The van der Waals surface area contributed by atoms with Gasteiger partial charge in [-0.2, -0.15) is 0 Å². The average Bonchev–Trinajstić information content (AvgIpc) is 2.55. The highest BCUT2D eigenvalue weighted by molar-refractivity contribution is 5.77. The zero-order valence-corrected chi connectivity index (χ0v) is 10.6. The molecule has 3 N–H and O–H groups in total. The third-order valence-electron chi connectivity index (χ3n) is 2.79. The van der Waals surface area contributed by atoms with Gasteiger partial charge in [0.1, 0.15) is 5.82 Å². The van der Waals surface area contributed by atoms with Crippen LogP contribution in [0.5, 0.6) is 0 Å². The number of rotatable bonds is 2. The second-order valence-electron chi connectivity index (χ2n) is 5.16. The van der Waals surface area contributed by atoms with E-state index < -0.39 is 5.60 Å². The molecule has 1 aliphatic rings. The van der Waals surface area contributed by atoms with Gasteiger partial charge in [-0.3, -0.25) is 5.01 Å². The highest BCUT2D eigenvalue weighted by atomic mass is 19.1. The zero-order chi connectivity index (χ0) is 12.8. The second kappa shape index (κ2) is 3.85. The number of benzene rings is 1. The van der Waals surface area contributed by atoms with Gasteiger partial charge < -0.3 is 10.5 Å². The van der Waals surface area contributed by atoms with Crippen molar-refractivity contribution in [3.63, 3.8) is 0 Å². The Hall–Kier alpha value is -1.33. The third-order valence-corrected chi connectivity index (χ3v) is 2.79. The summed E-state index contributed by atoms with van der Waals surface area (Å²) in [6.45, 7) is 7.28. The van der Waals surface area contributed by atoms with Gasteiger partial charge in [0.05, 0.1) is 23.5 Å². The van der Waals surface area contributed by atoms with Crippen molar-refractivity contribution in [2.24, 2.45) is 0 Å². The predicted octanol–water partition coefficient (Wildman–Crippen LogP) is 1.86. The molecule has 0 radical (unpaired) electrons. The third kappa shape index (κ3) is 2.21. The quantitative estimate of drug-likeness (QED) is 0.737. The van der Waals surface area contributed by atoms with Crippen LogP contribution in [-0.2, 0) is 0 Å². The lowest BCUT2D eigenvalue weighted by atomic mass is 10.1. The van der Waals surface area contributed by atoms with Gasteiger partial charge in [-0.05, 0) is 39.3 Å². The SMILES string of the molecule is Cc1cc2c(c(C)c1F)N(CC(C)(C)O)NN2. The lowest BCUT2D eigenvalue weighted by Gasteiger charge is -2.27. The number of hydrogen-bond acceptors (Lipinski definition) is 4. The van der Waals surface area contributed by atoms with Crippen molar-refractivity contribution in [2.75, 3.05) is 17.0 Å². The molecule has 0 aromatic heterocycles. The highest BCUT2D eigenvalue weighted by Crippen LogP contribution is 2.36. The zero-order valence-electron chi connectivity index (χ0n) is 10.6. The number of nitrogens with zero attached hydrogens (tertiary/aromatic N) is 1. The minimum absolute atomic E-state index is 0.199. The molecule has 0 amide bonds. The van der Waals surface area contributed by atoms with Crippen LogP contribution >= 0.6 is 0 Å². The van der Waals surface area contributed by atoms with Gasteiger partial charge in [-0.15, -0.1) is 5.53 Å². The molecule has 4 nitrogen and oxygen atoms in total. The summed E-state index contributed by atoms with van der Waals surface area (Å²) in [6.07, 6.45) is 0. The molecule has 5 heteroatoms. The Labute approximate surface area is 100 Å². The fourth-order valence-electron chi connectivity index (χ4n) is 2.08. The number of hydrogen-bond donors (Lipinski definition) is 3. The van der Waals surface area contributed by atoms with Crippen LogP contribution in [0.2, 0.25) is 0 Å². The van der Waals surface area contributed by atoms with E-state index in [9.17, 15) is 9.50 Å². The Morgan fingerprint density at radius 3 is 2.65 bits per heavy atom. The van der Waals surface area contributed by atoms with Gasteiger partial charge in [0.15, 0.2) is 0 Å². The van der Waals surface area contributed by atoms with Gasteiger partial charge in [0.2, 0.25) is 0 Å². The summed E-state index contributed by atoms with van der Waals surface area (Å²) in [4.78, 5) is 0. The molecule has 2 rings (SSSR count). The number of nitrogens with one attached hydrogen (secondary N) is 2. The van der Waals surface area contributed by atoms with E-state index in [1.807, 2.05) is 0 Å². The minimum Gasteiger partial charge on any atom is -0.389 e. The Morgan fingerprint density at radius 1 is 1.41 bits per heavy atom. The van der Waals surface area contributed by atoms with Gasteiger partial charge in [-0.1, -0.05) is 0 Å². The maximum Gasteiger partial charge on any atom is 0.131 e. The van der Waals surface area contributed by atoms with Crippen molar-refractivity contribution < 1.29 is 9.50 Å². The molecule has 1 aromatic rings. The first-order valence-electron chi connectivity index (χ1n) is 5.61. The van der Waals surface area contributed by atoms with Crippen LogP contribution in [0.1, 0.15) is 25.0 Å². The van der Waals surface area contributed by atoms with Gasteiger partial charge in [0.25, 0.3) is 0 Å². The second-order valence-corrected chi connectivity index (χ2v) is 5.16. The summed E-state index contributed by atoms with van der Waals surface area (Å²) in [6, 6.07) is 1.76. The Morgan fingerprint density at radius 2 is 2.06 bits per heavy atom. The largest absolute Gasteiger partial charge is 0.389 e. The van der Waals surface area contributed by atoms with Crippen LogP contribution in [0.15, 0.2) is 6.07 Å². The Bertz CT molecular complexity index is 454. The van der Waals surface area contributed by atoms with Crippen molar-refractivity contribution >= 4 is 11.4 Å². The molecule has 1 aromatic carbocycles. The normalized spacial score (nSPS) is 14.8. The lowest BCUT2D eigenvalue weighted by molar-refractivity contribution is 0.0857. The molecule has 1 aliphatic heterocycles. The van der Waals surface area contributed by atoms with Crippen LogP contribution in [0.4, 0.5) is 15.8 Å². The van der Waals surface area contributed by atoms with Crippen LogP contribution in [0.3, 0.4) is 0 Å². The summed E-state index contributed by atoms with van der Waals surface area (Å²) in [5, 5.41) is 11.5. The van der Waals surface area contributed by atoms with E-state index in [4.69, 9.17) is 0 Å². The number of aryl methyl sites for hydroxylation is 1. The maximum atomic E-state index is 13.8. The first-order valence-corrected chi connectivity index (χ1v) is 5.61. The fraction of sp³-hybridized carbons (Fsp3) is 0.500. The molecular weight excluding hydrogens is 221 g/mol. The van der Waals surface area contributed by atoms with Crippen molar-refractivity contribution in [3.05, 3.63) is 23.0 Å². The first kappa shape index (κ1) is 12.1. The summed E-state index contributed by atoms with van der Waals surface area (Å²) in [5.74, 6) is -0.199. The van der Waals surface area contributed by atoms with Gasteiger partial charge in [-0.25, -0.2) is 4.39 Å². The Kier molecular flexibility index (Phi) is 2.75. The van der Waals surface area contributed by atoms with E-state index in [0.717, 1.165) is 11.4 Å². The lowest BCUT2D eigenvalue weighted by Crippen LogP contribution is -2.45. The monoisotopic (exact) mass is 239 g/mol. The summed E-state index contributed by atoms with van der Waals surface area (Å²) < 4.78 is 13.8. The molecule has 0 bridgehead atoms. The molecule has 17 heavy (non-hydrogen) atoms. The summed E-state index contributed by atoms with van der Waals surface area (Å²) in [5.41, 5.74) is 7.85. The maximum absolute atomic E-state index is 13.8. The molecule has 0 unspecified atom stereocenters. The van der Waals surface area contributed by atoms with Crippen molar-refractivity contribution in [1.82, 2.24) is 5.53 Å². The molecule has 0 fully saturated rings. The average molecular weight is 239 g/mol. The molecule has 0 saturated heterocycles. The standard InChI is InChI=1S/C12H18FN3O/c1-7-5-9-11(8(2)10(7)13)16(15-14-9)6-12(3,4)17/h5,14-15,17H,6H2,1-4H3. The van der Waals surface area contributed by atoms with Crippen LogP contribution in [-0.4, -0.2) is 17.3 Å². The molecule has 0 aliphatic carbocycles. The molecule has 94 valence electrons. The first-order chi connectivity index (χ1) is 7.79. The Balaban J connectivity index is 2.41. The van der Waals surface area contributed by atoms with Gasteiger partial charge >= 0.3 is 0 Å². The number of anilines is 2. The highest BCUT2D eigenvalue weighted by Gasteiger charge is 2.28. The smallest absolute Gasteiger partial charge is 0.131 e. The minimum atomic E-state index is -0.857. The van der Waals surface area contributed by atoms with Crippen molar-refractivity contribution in [3.8, 4) is 0 Å². The molecule has 0 spiro atoms. The van der Waals surface area contributed by atoms with E-state index in [0.29, 0.717) is 17.7 Å². The number of β-amino-alcohol motifs (C(OH)–C–C–N with tert-alkyl or cyclic N) is 1. The van der Waals surface area contributed by atoms with Crippen LogP contribution < -0.4 is 16.0 Å². The molecule has 0 atom stereocenters. The number of halogens is 1. The summed E-state index contributed by atoms with van der Waals surface area (Å²) in [7, 11) is 0. The van der Waals surface area contributed by atoms with Crippen molar-refractivity contribution in [2.45, 2.75) is 33.3 Å². The topological polar surface area (TPSA) is 47.5 Å². The van der Waals surface area contributed by atoms with Gasteiger partial charge in [0, 0.05) is 5.56 Å². The number of hydrazine groups is 2. The van der Waals surface area contributed by atoms with E-state index in [1.165, 1.54) is 0 Å². The number of aliphatic hydroxyl groups is 1. The van der Waals surface area contributed by atoms with Crippen LogP contribution in [0.25, 0.3) is 0 Å². The van der Waals surface area contributed by atoms with E-state index >= 15 is 0 Å². The number of fused-ring (bicyclic) bond motifs is 1. The van der Waals surface area contributed by atoms with E-state index in [-0.39, 0.29) is 5.82 Å². The van der Waals surface area contributed by atoms with Crippen molar-refractivity contribution in [1.29, 1.82) is 0 Å². The fourth-order valence-corrected chi connectivity index (χ4v) is 2.08. The molecular formula is C12H18FN3O. The van der Waals surface area contributed by atoms with E-state index in [2.05, 4.69) is 11.0 Å². The molecule has 0 saturated carbocycles. The van der Waals surface area contributed by atoms with Crippen LogP contribution in [0, 0.1) is 19.7 Å². The van der Waals surface area contributed by atoms with E-state index in [1.54, 1.807) is 38.8 Å². The molecule has 1 heterocycles. The predicted molar refractivity (Wildman–Crippen MR) is 66.3 cm³/mol. The summed E-state index contributed by atoms with van der Waals surface area (Å²) >= 11 is 0.